The molecule has 0 aliphatic heterocycles. The predicted molar refractivity (Wildman–Crippen MR) is 135 cm³/mol. The predicted octanol–water partition coefficient (Wildman–Crippen LogP) is 5.02. The Balaban J connectivity index is 2.11. The molecule has 0 saturated heterocycles. The number of sulfonamides is 1. The number of amides is 1. The number of nitrogens with zero attached hydrogens (tertiary/aromatic N) is 2. The Morgan fingerprint density at radius 1 is 1.06 bits per heavy atom. The van der Waals surface area contributed by atoms with Crippen molar-refractivity contribution in [3.05, 3.63) is 86.4 Å². The summed E-state index contributed by atoms with van der Waals surface area (Å²) in [6, 6.07) is 13.4. The highest BCUT2D eigenvalue weighted by molar-refractivity contribution is 7.92. The van der Waals surface area contributed by atoms with E-state index in [0.717, 1.165) is 21.5 Å². The highest BCUT2D eigenvalue weighted by Crippen LogP contribution is 2.36. The van der Waals surface area contributed by atoms with Crippen molar-refractivity contribution in [2.24, 2.45) is 0 Å². The van der Waals surface area contributed by atoms with E-state index in [4.69, 9.17) is 16.3 Å². The molecule has 1 amide bonds. The number of aryl methyl sites for hydroxylation is 3. The maximum Gasteiger partial charge on any atom is 0.273 e. The molecule has 0 aliphatic rings. The van der Waals surface area contributed by atoms with Crippen molar-refractivity contribution in [3.63, 3.8) is 0 Å². The van der Waals surface area contributed by atoms with E-state index in [9.17, 15) is 23.3 Å². The van der Waals surface area contributed by atoms with Gasteiger partial charge in [0.2, 0.25) is 5.91 Å². The molecule has 0 heterocycles. The van der Waals surface area contributed by atoms with Crippen LogP contribution in [0.1, 0.15) is 16.7 Å². The van der Waals surface area contributed by atoms with Gasteiger partial charge in [0.15, 0.2) is 0 Å². The van der Waals surface area contributed by atoms with Gasteiger partial charge in [-0.3, -0.25) is 19.2 Å². The minimum atomic E-state index is -4.45. The molecule has 184 valence electrons. The summed E-state index contributed by atoms with van der Waals surface area (Å²) >= 11 is 6.14. The molecule has 11 heteroatoms. The fourth-order valence-corrected chi connectivity index (χ4v) is 5.03. The summed E-state index contributed by atoms with van der Waals surface area (Å²) in [5.74, 6) is -0.468. The normalized spacial score (nSPS) is 11.1. The summed E-state index contributed by atoms with van der Waals surface area (Å²) in [6.45, 7) is 4.56. The summed E-state index contributed by atoms with van der Waals surface area (Å²) in [6.07, 6.45) is 0. The lowest BCUT2D eigenvalue weighted by molar-refractivity contribution is -0.385. The second-order valence-electron chi connectivity index (χ2n) is 7.90. The van der Waals surface area contributed by atoms with Crippen LogP contribution in [0, 0.1) is 30.9 Å². The van der Waals surface area contributed by atoms with Crippen molar-refractivity contribution in [2.45, 2.75) is 25.7 Å². The number of nitro benzene ring substituents is 1. The second kappa shape index (κ2) is 10.3. The number of rotatable bonds is 8. The van der Waals surface area contributed by atoms with Crippen molar-refractivity contribution in [1.29, 1.82) is 0 Å². The summed E-state index contributed by atoms with van der Waals surface area (Å²) in [7, 11) is -3.10. The molecule has 0 radical (unpaired) electrons. The third-order valence-electron chi connectivity index (χ3n) is 5.33. The highest BCUT2D eigenvalue weighted by Gasteiger charge is 2.31. The van der Waals surface area contributed by atoms with Crippen molar-refractivity contribution in [1.82, 2.24) is 0 Å². The molecule has 0 aliphatic carbocycles. The van der Waals surface area contributed by atoms with Gasteiger partial charge in [-0.05, 0) is 62.2 Å². The van der Waals surface area contributed by atoms with Crippen molar-refractivity contribution >= 4 is 44.6 Å². The molecular formula is C24H24ClN3O6S. The minimum absolute atomic E-state index is 0.0133. The van der Waals surface area contributed by atoms with Crippen LogP contribution in [0.25, 0.3) is 0 Å². The lowest BCUT2D eigenvalue weighted by Gasteiger charge is -2.26. The molecule has 0 saturated carbocycles. The van der Waals surface area contributed by atoms with E-state index in [1.807, 2.05) is 26.0 Å². The number of hydrogen-bond donors (Lipinski definition) is 1. The number of nitrogens with one attached hydrogen (secondary N) is 1. The fourth-order valence-electron chi connectivity index (χ4n) is 3.42. The number of nitro groups is 1. The van der Waals surface area contributed by atoms with Gasteiger partial charge in [-0.25, -0.2) is 8.42 Å². The highest BCUT2D eigenvalue weighted by atomic mass is 35.5. The van der Waals surface area contributed by atoms with Crippen molar-refractivity contribution < 1.29 is 22.9 Å². The van der Waals surface area contributed by atoms with Crippen molar-refractivity contribution in [2.75, 3.05) is 23.3 Å². The molecule has 3 aromatic rings. The molecule has 0 atom stereocenters. The first kappa shape index (κ1) is 26.0. The molecule has 3 aromatic carbocycles. The summed E-state index contributed by atoms with van der Waals surface area (Å²) in [5.41, 5.74) is 2.21. The Morgan fingerprint density at radius 3 is 2.40 bits per heavy atom. The number of anilines is 2. The lowest BCUT2D eigenvalue weighted by atomic mass is 10.1. The molecule has 0 unspecified atom stereocenters. The SMILES string of the molecule is COc1ccc(Cl)cc1N(CC(=O)Nc1cc(C)ccc1C)S(=O)(=O)c1ccc(C)c([N+](=O)[O-])c1. The van der Waals surface area contributed by atoms with Crippen LogP contribution < -0.4 is 14.4 Å². The van der Waals surface area contributed by atoms with Gasteiger partial charge >= 0.3 is 0 Å². The third-order valence-corrected chi connectivity index (χ3v) is 7.32. The van der Waals surface area contributed by atoms with E-state index in [0.29, 0.717) is 11.3 Å². The smallest absolute Gasteiger partial charge is 0.273 e. The van der Waals surface area contributed by atoms with Crippen LogP contribution in [0.2, 0.25) is 5.02 Å². The summed E-state index contributed by atoms with van der Waals surface area (Å²) in [4.78, 5) is 23.5. The average molecular weight is 518 g/mol. The molecule has 3 rings (SSSR count). The zero-order valence-corrected chi connectivity index (χ0v) is 21.1. The average Bonchev–Trinajstić information content (AvgIpc) is 2.79. The van der Waals surface area contributed by atoms with E-state index in [2.05, 4.69) is 5.32 Å². The maximum absolute atomic E-state index is 13.7. The van der Waals surface area contributed by atoms with Gasteiger partial charge in [-0.15, -0.1) is 0 Å². The van der Waals surface area contributed by atoms with Crippen LogP contribution in [0.15, 0.2) is 59.5 Å². The Bertz CT molecular complexity index is 1410. The number of carbonyl (C=O) groups is 1. The first-order chi connectivity index (χ1) is 16.4. The number of hydrogen-bond acceptors (Lipinski definition) is 6. The first-order valence-electron chi connectivity index (χ1n) is 10.4. The Morgan fingerprint density at radius 2 is 1.74 bits per heavy atom. The molecule has 35 heavy (non-hydrogen) atoms. The van der Waals surface area contributed by atoms with Crippen LogP contribution in [0.4, 0.5) is 17.1 Å². The molecule has 0 spiro atoms. The van der Waals surface area contributed by atoms with E-state index < -0.39 is 27.4 Å². The minimum Gasteiger partial charge on any atom is -0.495 e. The number of benzene rings is 3. The standard InChI is InChI=1S/C24H24ClN3O6S/c1-15-5-6-16(2)20(11-15)26-24(29)14-27(22-12-18(25)8-10-23(22)34-4)35(32,33)19-9-7-17(3)21(13-19)28(30)31/h5-13H,14H2,1-4H3,(H,26,29). The molecule has 0 aromatic heterocycles. The number of halogens is 1. The maximum atomic E-state index is 13.7. The van der Waals surface area contributed by atoms with E-state index in [1.165, 1.54) is 44.4 Å². The topological polar surface area (TPSA) is 119 Å². The largest absolute Gasteiger partial charge is 0.495 e. The van der Waals surface area contributed by atoms with Gasteiger partial charge < -0.3 is 10.1 Å². The zero-order chi connectivity index (χ0) is 25.9. The Kier molecular flexibility index (Phi) is 7.67. The quantitative estimate of drug-likeness (QED) is 0.331. The number of methoxy groups -OCH3 is 1. The molecule has 0 fully saturated rings. The monoisotopic (exact) mass is 517 g/mol. The Hall–Kier alpha value is -3.63. The van der Waals surface area contributed by atoms with Crippen LogP contribution in [-0.2, 0) is 14.8 Å². The van der Waals surface area contributed by atoms with Gasteiger partial charge in [0.25, 0.3) is 15.7 Å². The van der Waals surface area contributed by atoms with Crippen molar-refractivity contribution in [3.8, 4) is 5.75 Å². The second-order valence-corrected chi connectivity index (χ2v) is 10.2. The fraction of sp³-hybridized carbons (Fsp3) is 0.208. The number of ether oxygens (including phenoxy) is 1. The van der Waals surface area contributed by atoms with E-state index in [-0.39, 0.29) is 27.0 Å². The van der Waals surface area contributed by atoms with Gasteiger partial charge in [-0.1, -0.05) is 29.8 Å². The van der Waals surface area contributed by atoms with Crippen LogP contribution in [-0.4, -0.2) is 32.9 Å². The van der Waals surface area contributed by atoms with Gasteiger partial charge in [-0.2, -0.15) is 0 Å². The van der Waals surface area contributed by atoms with Crippen LogP contribution in [0.3, 0.4) is 0 Å². The first-order valence-corrected chi connectivity index (χ1v) is 12.2. The molecule has 9 nitrogen and oxygen atoms in total. The van der Waals surface area contributed by atoms with Crippen LogP contribution >= 0.6 is 11.6 Å². The van der Waals surface area contributed by atoms with E-state index >= 15 is 0 Å². The van der Waals surface area contributed by atoms with Gasteiger partial charge in [0, 0.05) is 22.3 Å². The lowest BCUT2D eigenvalue weighted by Crippen LogP contribution is -2.38. The van der Waals surface area contributed by atoms with Crippen LogP contribution in [0.5, 0.6) is 5.75 Å². The third kappa shape index (κ3) is 5.72. The molecule has 1 N–H and O–H groups in total. The van der Waals surface area contributed by atoms with Gasteiger partial charge in [0.05, 0.1) is 22.6 Å². The van der Waals surface area contributed by atoms with E-state index in [1.54, 1.807) is 6.07 Å². The number of carbonyl (C=O) groups excluding carboxylic acids is 1. The molecule has 0 bridgehead atoms. The van der Waals surface area contributed by atoms with Gasteiger partial charge in [0.1, 0.15) is 12.3 Å². The zero-order valence-electron chi connectivity index (χ0n) is 19.5. The summed E-state index contributed by atoms with van der Waals surface area (Å²) < 4.78 is 33.6. The summed E-state index contributed by atoms with van der Waals surface area (Å²) in [5, 5.41) is 14.4. The Labute approximate surface area is 208 Å². The molecular weight excluding hydrogens is 494 g/mol.